The van der Waals surface area contributed by atoms with E-state index in [9.17, 15) is 9.59 Å². The molecule has 0 aliphatic rings. The van der Waals surface area contributed by atoms with E-state index >= 15 is 0 Å². The van der Waals surface area contributed by atoms with Crippen molar-refractivity contribution in [3.63, 3.8) is 0 Å². The molecule has 2 amide bonds. The normalized spacial score (nSPS) is 10.5. The Morgan fingerprint density at radius 3 is 2.12 bits per heavy atom. The molecular weight excluding hydrogens is 330 g/mol. The van der Waals surface area contributed by atoms with E-state index in [-0.39, 0.29) is 11.8 Å². The van der Waals surface area contributed by atoms with Crippen molar-refractivity contribution in [2.24, 2.45) is 0 Å². The highest BCUT2D eigenvalue weighted by atomic mass is 16.2. The van der Waals surface area contributed by atoms with Gasteiger partial charge in [-0.25, -0.2) is 4.98 Å². The number of carbonyl (C=O) groups is 2. The first-order valence-corrected chi connectivity index (χ1v) is 8.47. The van der Waals surface area contributed by atoms with Gasteiger partial charge < -0.3 is 20.9 Å². The first-order valence-electron chi connectivity index (χ1n) is 8.47. The maximum absolute atomic E-state index is 12.3. The monoisotopic (exact) mass is 355 g/mol. The van der Waals surface area contributed by atoms with Crippen LogP contribution in [0.5, 0.6) is 0 Å². The van der Waals surface area contributed by atoms with Crippen molar-refractivity contribution < 1.29 is 9.59 Å². The number of pyridine rings is 1. The molecule has 0 spiro atoms. The summed E-state index contributed by atoms with van der Waals surface area (Å²) in [7, 11) is 4.09. The Morgan fingerprint density at radius 2 is 1.58 bits per heavy atom. The quantitative estimate of drug-likeness (QED) is 0.634. The number of amides is 2. The van der Waals surface area contributed by atoms with Crippen LogP contribution < -0.4 is 16.0 Å². The van der Waals surface area contributed by atoms with Gasteiger partial charge in [-0.05, 0) is 63.5 Å². The lowest BCUT2D eigenvalue weighted by Gasteiger charge is -2.11. The summed E-state index contributed by atoms with van der Waals surface area (Å²) in [6.07, 6.45) is 2.69. The zero-order valence-corrected chi connectivity index (χ0v) is 15.4. The molecule has 2 rings (SSSR count). The number of rotatable bonds is 8. The number of nitrogens with one attached hydrogen (secondary N) is 3. The lowest BCUT2D eigenvalue weighted by Crippen LogP contribution is -2.16. The second-order valence-corrected chi connectivity index (χ2v) is 6.23. The summed E-state index contributed by atoms with van der Waals surface area (Å²) in [5.74, 6) is -0.419. The Labute approximate surface area is 153 Å². The van der Waals surface area contributed by atoms with Gasteiger partial charge in [0.15, 0.2) is 0 Å². The van der Waals surface area contributed by atoms with Crippen molar-refractivity contribution in [2.75, 3.05) is 43.1 Å². The molecule has 0 saturated heterocycles. The summed E-state index contributed by atoms with van der Waals surface area (Å²) in [6, 6.07) is 10.4. The average Bonchev–Trinajstić information content (AvgIpc) is 2.60. The first kappa shape index (κ1) is 19.4. The summed E-state index contributed by atoms with van der Waals surface area (Å²) in [5.41, 5.74) is 2.55. The summed E-state index contributed by atoms with van der Waals surface area (Å²) in [6.45, 7) is 3.32. The predicted octanol–water partition coefficient (Wildman–Crippen LogP) is 2.66. The summed E-state index contributed by atoms with van der Waals surface area (Å²) < 4.78 is 0. The molecule has 138 valence electrons. The molecule has 2 aromatic rings. The van der Waals surface area contributed by atoms with Crippen LogP contribution in [0.2, 0.25) is 0 Å². The Hall–Kier alpha value is -2.93. The van der Waals surface area contributed by atoms with Gasteiger partial charge in [0.1, 0.15) is 5.69 Å². The molecule has 26 heavy (non-hydrogen) atoms. The number of benzene rings is 1. The SMILES string of the molecule is CC(=O)Nc1ccc(NC(=O)c2ccc(NCCCN(C)C)cn2)cc1. The van der Waals surface area contributed by atoms with Crippen LogP contribution in [0, 0.1) is 0 Å². The van der Waals surface area contributed by atoms with Crippen LogP contribution in [-0.2, 0) is 4.79 Å². The van der Waals surface area contributed by atoms with Crippen LogP contribution in [0.25, 0.3) is 0 Å². The summed E-state index contributed by atoms with van der Waals surface area (Å²) in [4.78, 5) is 29.6. The minimum Gasteiger partial charge on any atom is -0.384 e. The van der Waals surface area contributed by atoms with E-state index in [2.05, 4.69) is 25.8 Å². The van der Waals surface area contributed by atoms with Crippen molar-refractivity contribution in [3.05, 3.63) is 48.3 Å². The maximum Gasteiger partial charge on any atom is 0.274 e. The highest BCUT2D eigenvalue weighted by Crippen LogP contribution is 2.15. The minimum absolute atomic E-state index is 0.138. The third kappa shape index (κ3) is 6.52. The van der Waals surface area contributed by atoms with E-state index in [1.807, 2.05) is 20.2 Å². The zero-order valence-electron chi connectivity index (χ0n) is 15.4. The largest absolute Gasteiger partial charge is 0.384 e. The van der Waals surface area contributed by atoms with Gasteiger partial charge in [0.05, 0.1) is 11.9 Å². The molecule has 0 unspecified atom stereocenters. The smallest absolute Gasteiger partial charge is 0.274 e. The Morgan fingerprint density at radius 1 is 0.962 bits per heavy atom. The highest BCUT2D eigenvalue weighted by molar-refractivity contribution is 6.03. The Kier molecular flexibility index (Phi) is 7.11. The standard InChI is InChI=1S/C19H25N5O2/c1-14(25)22-15-5-7-16(8-6-15)23-19(26)18-10-9-17(13-21-18)20-11-4-12-24(2)3/h5-10,13,20H,4,11-12H2,1-3H3,(H,22,25)(H,23,26). The van der Waals surface area contributed by atoms with Crippen LogP contribution in [0.1, 0.15) is 23.8 Å². The van der Waals surface area contributed by atoms with Crippen LogP contribution in [0.3, 0.4) is 0 Å². The van der Waals surface area contributed by atoms with Crippen LogP contribution in [0.15, 0.2) is 42.6 Å². The van der Waals surface area contributed by atoms with Crippen LogP contribution in [0.4, 0.5) is 17.1 Å². The molecule has 0 aliphatic heterocycles. The predicted molar refractivity (Wildman–Crippen MR) is 105 cm³/mol. The molecule has 1 aromatic carbocycles. The van der Waals surface area contributed by atoms with E-state index in [0.717, 1.165) is 25.2 Å². The number of hydrogen-bond donors (Lipinski definition) is 3. The fourth-order valence-corrected chi connectivity index (χ4v) is 2.30. The molecule has 0 fully saturated rings. The molecule has 0 radical (unpaired) electrons. The van der Waals surface area contributed by atoms with Crippen LogP contribution >= 0.6 is 0 Å². The third-order valence-corrected chi connectivity index (χ3v) is 3.57. The summed E-state index contributed by atoms with van der Waals surface area (Å²) >= 11 is 0. The first-order chi connectivity index (χ1) is 12.4. The third-order valence-electron chi connectivity index (χ3n) is 3.57. The molecule has 1 heterocycles. The van der Waals surface area contributed by atoms with Gasteiger partial charge in [0.25, 0.3) is 5.91 Å². The number of nitrogens with zero attached hydrogens (tertiary/aromatic N) is 2. The average molecular weight is 355 g/mol. The highest BCUT2D eigenvalue weighted by Gasteiger charge is 2.08. The van der Waals surface area contributed by atoms with Crippen molar-refractivity contribution in [1.82, 2.24) is 9.88 Å². The van der Waals surface area contributed by atoms with Crippen molar-refractivity contribution in [3.8, 4) is 0 Å². The van der Waals surface area contributed by atoms with E-state index in [4.69, 9.17) is 0 Å². The van der Waals surface area contributed by atoms with Gasteiger partial charge in [0.2, 0.25) is 5.91 Å². The molecule has 0 bridgehead atoms. The van der Waals surface area contributed by atoms with Gasteiger partial charge in [-0.15, -0.1) is 0 Å². The van der Waals surface area contributed by atoms with Gasteiger partial charge in [-0.1, -0.05) is 0 Å². The van der Waals surface area contributed by atoms with Gasteiger partial charge in [-0.3, -0.25) is 9.59 Å². The van der Waals surface area contributed by atoms with Gasteiger partial charge >= 0.3 is 0 Å². The molecule has 7 nitrogen and oxygen atoms in total. The Bertz CT molecular complexity index is 727. The zero-order chi connectivity index (χ0) is 18.9. The second-order valence-electron chi connectivity index (χ2n) is 6.23. The number of hydrogen-bond acceptors (Lipinski definition) is 5. The molecule has 0 saturated carbocycles. The second kappa shape index (κ2) is 9.53. The Balaban J connectivity index is 1.86. The fourth-order valence-electron chi connectivity index (χ4n) is 2.30. The molecule has 3 N–H and O–H groups in total. The van der Waals surface area contributed by atoms with Crippen molar-refractivity contribution in [1.29, 1.82) is 0 Å². The lowest BCUT2D eigenvalue weighted by molar-refractivity contribution is -0.114. The molecule has 7 heteroatoms. The van der Waals surface area contributed by atoms with Gasteiger partial charge in [-0.2, -0.15) is 0 Å². The van der Waals surface area contributed by atoms with Crippen LogP contribution in [-0.4, -0.2) is 48.9 Å². The number of carbonyl (C=O) groups excluding carboxylic acids is 2. The fraction of sp³-hybridized carbons (Fsp3) is 0.316. The molecule has 0 aliphatic carbocycles. The minimum atomic E-state index is -0.281. The topological polar surface area (TPSA) is 86.4 Å². The number of anilines is 3. The van der Waals surface area contributed by atoms with E-state index in [1.165, 1.54) is 6.92 Å². The van der Waals surface area contributed by atoms with Crippen molar-refractivity contribution in [2.45, 2.75) is 13.3 Å². The maximum atomic E-state index is 12.3. The van der Waals surface area contributed by atoms with Gasteiger partial charge in [0, 0.05) is 24.8 Å². The molecule has 1 aromatic heterocycles. The van der Waals surface area contributed by atoms with Crippen molar-refractivity contribution >= 4 is 28.9 Å². The summed E-state index contributed by atoms with van der Waals surface area (Å²) in [5, 5.41) is 8.74. The molecular formula is C19H25N5O2. The van der Waals surface area contributed by atoms with E-state index < -0.39 is 0 Å². The molecule has 0 atom stereocenters. The van der Waals surface area contributed by atoms with E-state index in [0.29, 0.717) is 17.1 Å². The van der Waals surface area contributed by atoms with E-state index in [1.54, 1.807) is 36.5 Å². The lowest BCUT2D eigenvalue weighted by atomic mass is 10.2. The number of aromatic nitrogens is 1.